The second-order valence-electron chi connectivity index (χ2n) is 8.73. The van der Waals surface area contributed by atoms with Gasteiger partial charge in [0.05, 0.1) is 26.7 Å². The number of hydrogen-bond donors (Lipinski definition) is 0. The third-order valence-corrected chi connectivity index (χ3v) is 8.50. The lowest BCUT2D eigenvalue weighted by Gasteiger charge is -2.31. The van der Waals surface area contributed by atoms with E-state index in [1.807, 2.05) is 42.6 Å². The largest absolute Gasteiger partial charge is 0.360 e. The van der Waals surface area contributed by atoms with Crippen molar-refractivity contribution in [3.8, 4) is 22.5 Å². The lowest BCUT2D eigenvalue weighted by Crippen LogP contribution is -2.38. The number of nitrogens with zero attached hydrogens (tertiary/aromatic N) is 3. The summed E-state index contributed by atoms with van der Waals surface area (Å²) in [7, 11) is -3.49. The molecule has 0 spiro atoms. The molecule has 1 saturated heterocycles. The van der Waals surface area contributed by atoms with Gasteiger partial charge in [0.25, 0.3) is 5.91 Å². The van der Waals surface area contributed by atoms with Gasteiger partial charge in [-0.2, -0.15) is 0 Å². The van der Waals surface area contributed by atoms with Gasteiger partial charge >= 0.3 is 0 Å². The van der Waals surface area contributed by atoms with Crippen LogP contribution in [0.5, 0.6) is 0 Å². The molecule has 0 N–H and O–H groups in total. The first kappa shape index (κ1) is 23.4. The van der Waals surface area contributed by atoms with Crippen LogP contribution in [0.1, 0.15) is 39.9 Å². The molecule has 0 bridgehead atoms. The molecule has 1 fully saturated rings. The molecule has 7 nitrogen and oxygen atoms in total. The van der Waals surface area contributed by atoms with Crippen molar-refractivity contribution < 1.29 is 17.7 Å². The summed E-state index contributed by atoms with van der Waals surface area (Å²) in [5.41, 5.74) is 3.76. The number of amides is 1. The fourth-order valence-corrected chi connectivity index (χ4v) is 6.39. The molecule has 0 saturated carbocycles. The van der Waals surface area contributed by atoms with Gasteiger partial charge in [-0.1, -0.05) is 47.6 Å². The Kier molecular flexibility index (Phi) is 6.29. The number of rotatable bonds is 5. The van der Waals surface area contributed by atoms with Crippen molar-refractivity contribution in [3.05, 3.63) is 76.3 Å². The minimum absolute atomic E-state index is 0.0787. The van der Waals surface area contributed by atoms with Gasteiger partial charge in [0.15, 0.2) is 9.84 Å². The van der Waals surface area contributed by atoms with Gasteiger partial charge in [-0.15, -0.1) is 11.3 Å². The molecule has 2 aromatic heterocycles. The van der Waals surface area contributed by atoms with E-state index < -0.39 is 9.84 Å². The lowest BCUT2D eigenvalue weighted by molar-refractivity contribution is 0.0709. The van der Waals surface area contributed by atoms with Gasteiger partial charge in [0, 0.05) is 36.2 Å². The third kappa shape index (κ3) is 4.66. The highest BCUT2D eigenvalue weighted by atomic mass is 32.2. The molecular formula is C26H25N3O4S2. The molecule has 4 aromatic rings. The quantitative estimate of drug-likeness (QED) is 0.369. The van der Waals surface area contributed by atoms with Crippen LogP contribution >= 0.6 is 11.3 Å². The topological polar surface area (TPSA) is 93.4 Å². The average Bonchev–Trinajstić information content (AvgIpc) is 3.50. The fourth-order valence-electron chi connectivity index (χ4n) is 4.52. The predicted octanol–water partition coefficient (Wildman–Crippen LogP) is 5.20. The van der Waals surface area contributed by atoms with Gasteiger partial charge in [-0.25, -0.2) is 13.4 Å². The Bertz CT molecular complexity index is 1470. The Balaban J connectivity index is 1.32. The maximum absolute atomic E-state index is 13.1. The molecule has 5 rings (SSSR count). The molecule has 0 unspecified atom stereocenters. The highest BCUT2D eigenvalue weighted by Crippen LogP contribution is 2.38. The Hall–Kier alpha value is -3.30. The number of benzene rings is 2. The molecule has 0 radical (unpaired) electrons. The number of thiazole rings is 1. The second kappa shape index (κ2) is 9.39. The van der Waals surface area contributed by atoms with Crippen molar-refractivity contribution in [2.45, 2.75) is 30.6 Å². The summed E-state index contributed by atoms with van der Waals surface area (Å²) < 4.78 is 29.8. The van der Waals surface area contributed by atoms with Crippen LogP contribution in [0.3, 0.4) is 0 Å². The van der Waals surface area contributed by atoms with E-state index in [4.69, 9.17) is 9.51 Å². The number of hydrogen-bond acceptors (Lipinski definition) is 7. The van der Waals surface area contributed by atoms with Crippen molar-refractivity contribution >= 4 is 27.1 Å². The van der Waals surface area contributed by atoms with Crippen LogP contribution in [-0.2, 0) is 9.84 Å². The van der Waals surface area contributed by atoms with Crippen LogP contribution in [0.15, 0.2) is 69.4 Å². The number of piperidine rings is 1. The Morgan fingerprint density at radius 2 is 1.74 bits per heavy atom. The average molecular weight is 508 g/mol. The smallest absolute Gasteiger partial charge is 0.255 e. The summed E-state index contributed by atoms with van der Waals surface area (Å²) in [5, 5.41) is 7.34. The van der Waals surface area contributed by atoms with E-state index >= 15 is 0 Å². The number of carbonyl (C=O) groups is 1. The molecule has 9 heteroatoms. The van der Waals surface area contributed by atoms with Crippen LogP contribution in [0.2, 0.25) is 0 Å². The molecule has 1 aliphatic heterocycles. The van der Waals surface area contributed by atoms with Gasteiger partial charge < -0.3 is 9.42 Å². The molecule has 1 aliphatic rings. The maximum atomic E-state index is 13.1. The van der Waals surface area contributed by atoms with Gasteiger partial charge in [0.2, 0.25) is 0 Å². The molecule has 180 valence electrons. The van der Waals surface area contributed by atoms with E-state index in [-0.39, 0.29) is 22.3 Å². The fraction of sp³-hybridized carbons (Fsp3) is 0.269. The minimum Gasteiger partial charge on any atom is -0.360 e. The van der Waals surface area contributed by atoms with Crippen molar-refractivity contribution in [2.24, 2.45) is 0 Å². The van der Waals surface area contributed by atoms with Crippen molar-refractivity contribution in [2.75, 3.05) is 19.3 Å². The molecule has 0 atom stereocenters. The number of likely N-dealkylation sites (tertiary alicyclic amines) is 1. The maximum Gasteiger partial charge on any atom is 0.255 e. The Labute approximate surface area is 208 Å². The molecule has 3 heterocycles. The Morgan fingerprint density at radius 1 is 1.06 bits per heavy atom. The standard InChI is InChI=1S/C26H25N3O4S2/c1-17-23(24(28-33-17)18-8-4-3-5-9-18)21-16-34-25(27-21)19-12-14-29(15-13-19)26(30)20-10-6-7-11-22(20)35(2,31)32/h3-11,16,19H,12-15H2,1-2H3. The highest BCUT2D eigenvalue weighted by Gasteiger charge is 2.29. The predicted molar refractivity (Wildman–Crippen MR) is 135 cm³/mol. The monoisotopic (exact) mass is 507 g/mol. The van der Waals surface area contributed by atoms with Crippen LogP contribution in [-0.4, -0.2) is 48.7 Å². The lowest BCUT2D eigenvalue weighted by atomic mass is 9.97. The first-order valence-electron chi connectivity index (χ1n) is 11.4. The summed E-state index contributed by atoms with van der Waals surface area (Å²) in [6, 6.07) is 16.3. The van der Waals surface area contributed by atoms with Gasteiger partial charge in [-0.05, 0) is 31.9 Å². The molecular weight excluding hydrogens is 482 g/mol. The third-order valence-electron chi connectivity index (χ3n) is 6.34. The molecule has 0 aliphatic carbocycles. The van der Waals surface area contributed by atoms with Gasteiger partial charge in [-0.3, -0.25) is 4.79 Å². The summed E-state index contributed by atoms with van der Waals surface area (Å²) in [5.74, 6) is 0.728. The zero-order chi connectivity index (χ0) is 24.6. The first-order valence-corrected chi connectivity index (χ1v) is 14.2. The summed E-state index contributed by atoms with van der Waals surface area (Å²) in [6.45, 7) is 3.00. The van der Waals surface area contributed by atoms with Crippen molar-refractivity contribution in [3.63, 3.8) is 0 Å². The van der Waals surface area contributed by atoms with Crippen molar-refractivity contribution in [1.29, 1.82) is 0 Å². The van der Waals surface area contributed by atoms with E-state index in [1.165, 1.54) is 6.07 Å². The minimum atomic E-state index is -3.49. The Morgan fingerprint density at radius 3 is 2.46 bits per heavy atom. The zero-order valence-electron chi connectivity index (χ0n) is 19.5. The van der Waals surface area contributed by atoms with Crippen LogP contribution < -0.4 is 0 Å². The molecule has 35 heavy (non-hydrogen) atoms. The van der Waals surface area contributed by atoms with Crippen LogP contribution in [0, 0.1) is 6.92 Å². The number of aryl methyl sites for hydroxylation is 1. The molecule has 2 aromatic carbocycles. The number of sulfone groups is 1. The molecule has 1 amide bonds. The number of carbonyl (C=O) groups excluding carboxylic acids is 1. The van der Waals surface area contributed by atoms with E-state index in [0.717, 1.165) is 52.4 Å². The van der Waals surface area contributed by atoms with Gasteiger partial charge in [0.1, 0.15) is 11.5 Å². The van der Waals surface area contributed by atoms with E-state index in [0.29, 0.717) is 13.1 Å². The second-order valence-corrected chi connectivity index (χ2v) is 11.6. The summed E-state index contributed by atoms with van der Waals surface area (Å²) in [4.78, 5) is 19.9. The van der Waals surface area contributed by atoms with Crippen LogP contribution in [0.25, 0.3) is 22.5 Å². The first-order chi connectivity index (χ1) is 16.8. The normalized spacial score (nSPS) is 14.9. The number of aromatic nitrogens is 2. The SMILES string of the molecule is Cc1onc(-c2ccccc2)c1-c1csc(C2CCN(C(=O)c3ccccc3S(C)(=O)=O)CC2)n1. The van der Waals surface area contributed by atoms with E-state index in [9.17, 15) is 13.2 Å². The summed E-state index contributed by atoms with van der Waals surface area (Å²) >= 11 is 1.62. The van der Waals surface area contributed by atoms with E-state index in [1.54, 1.807) is 34.4 Å². The van der Waals surface area contributed by atoms with Crippen LogP contribution in [0.4, 0.5) is 0 Å². The van der Waals surface area contributed by atoms with E-state index in [2.05, 4.69) is 5.16 Å². The summed E-state index contributed by atoms with van der Waals surface area (Å²) in [6.07, 6.45) is 2.67. The van der Waals surface area contributed by atoms with Crippen molar-refractivity contribution in [1.82, 2.24) is 15.0 Å². The zero-order valence-corrected chi connectivity index (χ0v) is 21.1. The highest BCUT2D eigenvalue weighted by molar-refractivity contribution is 7.90.